The van der Waals surface area contributed by atoms with Crippen molar-refractivity contribution in [2.24, 2.45) is 0 Å². The van der Waals surface area contributed by atoms with Crippen LogP contribution in [0.2, 0.25) is 0 Å². The van der Waals surface area contributed by atoms with E-state index in [1.54, 1.807) is 24.9 Å². The fourth-order valence-corrected chi connectivity index (χ4v) is 6.74. The highest BCUT2D eigenvalue weighted by atomic mass is 16.5. The molecule has 1 unspecified atom stereocenters. The first-order valence-electron chi connectivity index (χ1n) is 15.8. The average molecular weight is 621 g/mol. The lowest BCUT2D eigenvalue weighted by atomic mass is 9.85. The highest BCUT2D eigenvalue weighted by Gasteiger charge is 2.21. The van der Waals surface area contributed by atoms with Crippen LogP contribution in [0.3, 0.4) is 0 Å². The van der Waals surface area contributed by atoms with Crippen LogP contribution in [0.4, 0.5) is 0 Å². The van der Waals surface area contributed by atoms with Crippen molar-refractivity contribution >= 4 is 21.5 Å². The minimum absolute atomic E-state index is 0.283. The number of pyridine rings is 2. The third kappa shape index (κ3) is 4.87. The summed E-state index contributed by atoms with van der Waals surface area (Å²) in [6.45, 7) is 0. The lowest BCUT2D eigenvalue weighted by Gasteiger charge is -2.19. The number of nitrogens with zero attached hydrogens (tertiary/aromatic N) is 3. The number of oxazole rings is 1. The van der Waals surface area contributed by atoms with Crippen LogP contribution in [0.25, 0.3) is 77.5 Å². The molecule has 0 saturated carbocycles. The van der Waals surface area contributed by atoms with Gasteiger partial charge in [-0.1, -0.05) is 84.9 Å². The van der Waals surface area contributed by atoms with Crippen molar-refractivity contribution in [3.8, 4) is 56.0 Å². The molecule has 3 aromatic heterocycles. The Hall–Kier alpha value is -6.53. The summed E-state index contributed by atoms with van der Waals surface area (Å²) in [6.07, 6.45) is 13.9. The maximum Gasteiger partial charge on any atom is 0.227 e. The van der Waals surface area contributed by atoms with Crippen molar-refractivity contribution in [1.82, 2.24) is 20.3 Å². The molecule has 0 amide bonds. The fraction of sp³-hybridized carbons (Fsp3) is 0.0238. The smallest absolute Gasteiger partial charge is 0.227 e. The summed E-state index contributed by atoms with van der Waals surface area (Å²) in [5.41, 5.74) is 10.6. The molecule has 0 bridgehead atoms. The number of hydrogen-bond acceptors (Lipinski definition) is 6. The van der Waals surface area contributed by atoms with Crippen LogP contribution in [0.15, 0.2) is 163 Å². The number of benzene rings is 5. The first-order valence-corrected chi connectivity index (χ1v) is 15.8. The molecule has 0 radical (unpaired) electrons. The van der Waals surface area contributed by atoms with Gasteiger partial charge in [0.05, 0.1) is 11.8 Å². The molecule has 4 heterocycles. The van der Waals surface area contributed by atoms with Gasteiger partial charge in [0.25, 0.3) is 0 Å². The minimum Gasteiger partial charge on any atom is -0.473 e. The van der Waals surface area contributed by atoms with Crippen molar-refractivity contribution in [2.75, 3.05) is 0 Å². The largest absolute Gasteiger partial charge is 0.473 e. The minimum atomic E-state index is -0.283. The molecule has 1 atom stereocenters. The SMILES string of the molecule is C1=COC(c2cncc(-c3c4ccccc4c(-c4cncc(-c5ncco5)c4)c4ccc(-c5cccc(-c6ccccc6)c5)cc34)c2)N1. The van der Waals surface area contributed by atoms with E-state index in [2.05, 4.69) is 118 Å². The number of ether oxygens (including phenoxy) is 1. The van der Waals surface area contributed by atoms with Gasteiger partial charge in [0.1, 0.15) is 12.5 Å². The Balaban J connectivity index is 1.32. The average Bonchev–Trinajstić information content (AvgIpc) is 3.90. The Morgan fingerprint density at radius 2 is 1.17 bits per heavy atom. The van der Waals surface area contributed by atoms with Gasteiger partial charge in [-0.2, -0.15) is 0 Å². The van der Waals surface area contributed by atoms with Gasteiger partial charge in [-0.05, 0) is 79.2 Å². The maximum atomic E-state index is 5.80. The monoisotopic (exact) mass is 620 g/mol. The summed E-state index contributed by atoms with van der Waals surface area (Å²) in [6, 6.07) is 38.9. The van der Waals surface area contributed by atoms with Crippen LogP contribution in [0.1, 0.15) is 11.8 Å². The zero-order valence-corrected chi connectivity index (χ0v) is 25.7. The molecular weight excluding hydrogens is 592 g/mol. The highest BCUT2D eigenvalue weighted by molar-refractivity contribution is 6.22. The third-order valence-corrected chi connectivity index (χ3v) is 8.91. The van der Waals surface area contributed by atoms with Crippen molar-refractivity contribution in [3.05, 3.63) is 164 Å². The van der Waals surface area contributed by atoms with Gasteiger partial charge in [-0.25, -0.2) is 4.98 Å². The molecule has 5 aromatic carbocycles. The van der Waals surface area contributed by atoms with Gasteiger partial charge < -0.3 is 14.5 Å². The Labute approximate surface area is 277 Å². The van der Waals surface area contributed by atoms with Crippen molar-refractivity contribution in [2.45, 2.75) is 6.23 Å². The molecule has 48 heavy (non-hydrogen) atoms. The van der Waals surface area contributed by atoms with Crippen LogP contribution in [0.5, 0.6) is 0 Å². The summed E-state index contributed by atoms with van der Waals surface area (Å²) in [4.78, 5) is 13.7. The molecule has 9 rings (SSSR count). The van der Waals surface area contributed by atoms with Gasteiger partial charge in [0.2, 0.25) is 5.89 Å². The molecule has 6 nitrogen and oxygen atoms in total. The van der Waals surface area contributed by atoms with E-state index in [9.17, 15) is 0 Å². The molecule has 0 saturated heterocycles. The second-order valence-corrected chi connectivity index (χ2v) is 11.8. The van der Waals surface area contributed by atoms with Crippen LogP contribution < -0.4 is 5.32 Å². The Morgan fingerprint density at radius 3 is 1.94 bits per heavy atom. The van der Waals surface area contributed by atoms with Gasteiger partial charge in [-0.3, -0.25) is 9.97 Å². The second-order valence-electron chi connectivity index (χ2n) is 11.8. The van der Waals surface area contributed by atoms with Gasteiger partial charge in [0, 0.05) is 47.7 Å². The molecule has 1 aliphatic rings. The van der Waals surface area contributed by atoms with E-state index in [-0.39, 0.29) is 6.23 Å². The molecular formula is C42H28N4O2. The predicted octanol–water partition coefficient (Wildman–Crippen LogP) is 10.2. The second kappa shape index (κ2) is 11.7. The van der Waals surface area contributed by atoms with Crippen LogP contribution in [-0.4, -0.2) is 15.0 Å². The summed E-state index contributed by atoms with van der Waals surface area (Å²) in [5.74, 6) is 0.537. The van der Waals surface area contributed by atoms with E-state index >= 15 is 0 Å². The van der Waals surface area contributed by atoms with Crippen molar-refractivity contribution in [1.29, 1.82) is 0 Å². The first-order chi connectivity index (χ1) is 23.8. The van der Waals surface area contributed by atoms with Crippen LogP contribution >= 0.6 is 0 Å². The lowest BCUT2D eigenvalue weighted by Crippen LogP contribution is -2.11. The molecule has 6 heteroatoms. The quantitative estimate of drug-likeness (QED) is 0.187. The number of nitrogens with one attached hydrogen (secondary N) is 1. The topological polar surface area (TPSA) is 73.1 Å². The van der Waals surface area contributed by atoms with E-state index in [1.807, 2.05) is 30.9 Å². The Bertz CT molecular complexity index is 2460. The summed E-state index contributed by atoms with van der Waals surface area (Å²) in [7, 11) is 0. The summed E-state index contributed by atoms with van der Waals surface area (Å²) < 4.78 is 11.4. The first kappa shape index (κ1) is 27.8. The predicted molar refractivity (Wildman–Crippen MR) is 190 cm³/mol. The molecule has 0 spiro atoms. The fourth-order valence-electron chi connectivity index (χ4n) is 6.74. The summed E-state index contributed by atoms with van der Waals surface area (Å²) in [5, 5.41) is 7.73. The van der Waals surface area contributed by atoms with Crippen LogP contribution in [-0.2, 0) is 4.74 Å². The van der Waals surface area contributed by atoms with E-state index in [0.717, 1.165) is 66.1 Å². The van der Waals surface area contributed by atoms with E-state index in [1.165, 1.54) is 11.1 Å². The van der Waals surface area contributed by atoms with E-state index < -0.39 is 0 Å². The molecule has 0 aliphatic carbocycles. The van der Waals surface area contributed by atoms with Gasteiger partial charge in [-0.15, -0.1) is 0 Å². The zero-order valence-electron chi connectivity index (χ0n) is 25.7. The lowest BCUT2D eigenvalue weighted by molar-refractivity contribution is 0.154. The molecule has 0 fully saturated rings. The highest BCUT2D eigenvalue weighted by Crippen LogP contribution is 2.45. The van der Waals surface area contributed by atoms with E-state index in [4.69, 9.17) is 14.1 Å². The van der Waals surface area contributed by atoms with Crippen LogP contribution in [0, 0.1) is 0 Å². The number of fused-ring (bicyclic) bond motifs is 2. The standard InChI is InChI=1S/C42H28N4O2/c1-2-7-27(8-3-1)28-9-6-10-29(19-28)30-13-14-37-38(22-30)40(32-21-34(26-44-24-32)42-46-16-18-48-42)36-12-5-4-11-35(36)39(37)31-20-33(25-43-23-31)41-45-15-17-47-41/h1-26,42,46H. The van der Waals surface area contributed by atoms with Gasteiger partial charge in [0.15, 0.2) is 6.23 Å². The number of aromatic nitrogens is 3. The number of rotatable bonds is 6. The van der Waals surface area contributed by atoms with Crippen molar-refractivity contribution < 1.29 is 9.15 Å². The number of hydrogen-bond donors (Lipinski definition) is 1. The Morgan fingerprint density at radius 1 is 0.521 bits per heavy atom. The zero-order chi connectivity index (χ0) is 31.9. The molecule has 1 aliphatic heterocycles. The molecule has 8 aromatic rings. The molecule has 228 valence electrons. The normalized spacial score (nSPS) is 13.9. The van der Waals surface area contributed by atoms with Gasteiger partial charge >= 0.3 is 0 Å². The maximum absolute atomic E-state index is 5.80. The van der Waals surface area contributed by atoms with E-state index in [0.29, 0.717) is 5.89 Å². The summed E-state index contributed by atoms with van der Waals surface area (Å²) >= 11 is 0. The van der Waals surface area contributed by atoms with Crippen molar-refractivity contribution in [3.63, 3.8) is 0 Å². The third-order valence-electron chi connectivity index (χ3n) is 8.91. The molecule has 1 N–H and O–H groups in total. The Kier molecular flexibility index (Phi) is 6.75.